The molecule has 3 N–H and O–H groups in total. The minimum Gasteiger partial charge on any atom is -0.397 e. The molecule has 2 aromatic rings. The Morgan fingerprint density at radius 1 is 1.47 bits per heavy atom. The van der Waals surface area contributed by atoms with Crippen LogP contribution < -0.4 is 11.1 Å². The van der Waals surface area contributed by atoms with Gasteiger partial charge in [-0.25, -0.2) is 4.98 Å². The first-order valence-corrected chi connectivity index (χ1v) is 6.11. The molecule has 0 aromatic carbocycles. The number of amides is 1. The standard InChI is InChI=1S/C12H14ClN5O/c1-7(2)18-6-9(5-16-18)17-12(19)10-3-8(14)4-15-11(10)13/h3-7H,14H2,1-2H3,(H,17,19). The van der Waals surface area contributed by atoms with Crippen molar-refractivity contribution in [3.8, 4) is 0 Å². The molecule has 0 atom stereocenters. The molecule has 0 saturated heterocycles. The zero-order valence-electron chi connectivity index (χ0n) is 10.6. The molecule has 0 aliphatic heterocycles. The third-order valence-electron chi connectivity index (χ3n) is 2.49. The fourth-order valence-corrected chi connectivity index (χ4v) is 1.70. The lowest BCUT2D eigenvalue weighted by Crippen LogP contribution is -2.13. The van der Waals surface area contributed by atoms with Crippen molar-refractivity contribution in [2.24, 2.45) is 0 Å². The molecule has 2 heterocycles. The zero-order valence-corrected chi connectivity index (χ0v) is 11.3. The molecule has 19 heavy (non-hydrogen) atoms. The predicted octanol–water partition coefficient (Wildman–Crippen LogP) is 2.35. The number of hydrogen-bond donors (Lipinski definition) is 2. The predicted molar refractivity (Wildman–Crippen MR) is 74.2 cm³/mol. The summed E-state index contributed by atoms with van der Waals surface area (Å²) < 4.78 is 1.74. The largest absolute Gasteiger partial charge is 0.397 e. The third kappa shape index (κ3) is 3.03. The molecule has 0 saturated carbocycles. The number of rotatable bonds is 3. The van der Waals surface area contributed by atoms with Crippen molar-refractivity contribution < 1.29 is 4.79 Å². The number of pyridine rings is 1. The molecule has 6 nitrogen and oxygen atoms in total. The molecule has 100 valence electrons. The first kappa shape index (κ1) is 13.4. The van der Waals surface area contributed by atoms with Gasteiger partial charge in [-0.3, -0.25) is 9.48 Å². The number of hydrogen-bond acceptors (Lipinski definition) is 4. The van der Waals surface area contributed by atoms with Crippen molar-refractivity contribution in [3.63, 3.8) is 0 Å². The van der Waals surface area contributed by atoms with E-state index in [-0.39, 0.29) is 22.7 Å². The molecule has 1 amide bonds. The van der Waals surface area contributed by atoms with Crippen molar-refractivity contribution in [2.75, 3.05) is 11.1 Å². The van der Waals surface area contributed by atoms with Gasteiger partial charge in [0.2, 0.25) is 0 Å². The van der Waals surface area contributed by atoms with Crippen LogP contribution >= 0.6 is 11.6 Å². The van der Waals surface area contributed by atoms with Crippen LogP contribution in [0.2, 0.25) is 5.15 Å². The molecule has 0 spiro atoms. The molecule has 2 aromatic heterocycles. The van der Waals surface area contributed by atoms with E-state index >= 15 is 0 Å². The Morgan fingerprint density at radius 3 is 2.84 bits per heavy atom. The second-order valence-corrected chi connectivity index (χ2v) is 4.72. The van der Waals surface area contributed by atoms with Crippen molar-refractivity contribution in [3.05, 3.63) is 35.4 Å². The minimum atomic E-state index is -0.367. The summed E-state index contributed by atoms with van der Waals surface area (Å²) in [4.78, 5) is 15.9. The summed E-state index contributed by atoms with van der Waals surface area (Å²) >= 11 is 5.86. The topological polar surface area (TPSA) is 85.8 Å². The second kappa shape index (κ2) is 5.27. The number of anilines is 2. The zero-order chi connectivity index (χ0) is 14.0. The first-order chi connectivity index (χ1) is 8.97. The van der Waals surface area contributed by atoms with Crippen LogP contribution in [0.5, 0.6) is 0 Å². The summed E-state index contributed by atoms with van der Waals surface area (Å²) in [6.45, 7) is 3.99. The second-order valence-electron chi connectivity index (χ2n) is 4.36. The lowest BCUT2D eigenvalue weighted by molar-refractivity contribution is 0.102. The normalized spacial score (nSPS) is 10.7. The van der Waals surface area contributed by atoms with E-state index in [9.17, 15) is 4.79 Å². The number of carbonyl (C=O) groups is 1. The van der Waals surface area contributed by atoms with Crippen LogP contribution in [0.25, 0.3) is 0 Å². The Balaban J connectivity index is 2.18. The van der Waals surface area contributed by atoms with Gasteiger partial charge in [0.25, 0.3) is 5.91 Å². The van der Waals surface area contributed by atoms with E-state index in [1.54, 1.807) is 17.1 Å². The SMILES string of the molecule is CC(C)n1cc(NC(=O)c2cc(N)cnc2Cl)cn1. The highest BCUT2D eigenvalue weighted by Gasteiger charge is 2.13. The van der Waals surface area contributed by atoms with Crippen LogP contribution in [-0.4, -0.2) is 20.7 Å². The van der Waals surface area contributed by atoms with Gasteiger partial charge in [0.1, 0.15) is 5.15 Å². The highest BCUT2D eigenvalue weighted by atomic mass is 35.5. The molecule has 7 heteroatoms. The molecule has 0 fully saturated rings. The van der Waals surface area contributed by atoms with Gasteiger partial charge < -0.3 is 11.1 Å². The van der Waals surface area contributed by atoms with Crippen LogP contribution in [0, 0.1) is 0 Å². The van der Waals surface area contributed by atoms with Gasteiger partial charge in [-0.1, -0.05) is 11.6 Å². The van der Waals surface area contributed by atoms with Crippen LogP contribution in [-0.2, 0) is 0 Å². The maximum Gasteiger partial charge on any atom is 0.258 e. The fourth-order valence-electron chi connectivity index (χ4n) is 1.51. The number of carbonyl (C=O) groups excluding carboxylic acids is 1. The summed E-state index contributed by atoms with van der Waals surface area (Å²) in [6, 6.07) is 1.71. The average molecular weight is 280 g/mol. The lowest BCUT2D eigenvalue weighted by atomic mass is 10.2. The minimum absolute atomic E-state index is 0.114. The highest BCUT2D eigenvalue weighted by Crippen LogP contribution is 2.18. The van der Waals surface area contributed by atoms with Crippen molar-refractivity contribution >= 4 is 28.9 Å². The molecule has 0 aliphatic carbocycles. The molecule has 0 aliphatic rings. The summed E-state index contributed by atoms with van der Waals surface area (Å²) in [7, 11) is 0. The Hall–Kier alpha value is -2.08. The summed E-state index contributed by atoms with van der Waals surface area (Å²) in [5.41, 5.74) is 6.80. The van der Waals surface area contributed by atoms with E-state index in [1.807, 2.05) is 13.8 Å². The number of nitrogens with zero attached hydrogens (tertiary/aromatic N) is 3. The van der Waals surface area contributed by atoms with E-state index < -0.39 is 0 Å². The van der Waals surface area contributed by atoms with E-state index in [1.165, 1.54) is 12.3 Å². The number of nitrogen functional groups attached to an aromatic ring is 1. The smallest absolute Gasteiger partial charge is 0.258 e. The van der Waals surface area contributed by atoms with Crippen molar-refractivity contribution in [1.82, 2.24) is 14.8 Å². The first-order valence-electron chi connectivity index (χ1n) is 5.74. The van der Waals surface area contributed by atoms with E-state index in [0.717, 1.165) is 0 Å². The highest BCUT2D eigenvalue weighted by molar-refractivity contribution is 6.33. The van der Waals surface area contributed by atoms with Gasteiger partial charge in [0, 0.05) is 12.2 Å². The van der Waals surface area contributed by atoms with Crippen molar-refractivity contribution in [2.45, 2.75) is 19.9 Å². The van der Waals surface area contributed by atoms with Gasteiger partial charge in [0.15, 0.2) is 0 Å². The molecule has 0 bridgehead atoms. The average Bonchev–Trinajstić information content (AvgIpc) is 2.80. The third-order valence-corrected chi connectivity index (χ3v) is 2.79. The summed E-state index contributed by atoms with van der Waals surface area (Å²) in [5, 5.41) is 6.94. The van der Waals surface area contributed by atoms with E-state index in [4.69, 9.17) is 17.3 Å². The Morgan fingerprint density at radius 2 is 2.21 bits per heavy atom. The molecular weight excluding hydrogens is 266 g/mol. The molecule has 0 radical (unpaired) electrons. The Kier molecular flexibility index (Phi) is 3.71. The van der Waals surface area contributed by atoms with Gasteiger partial charge >= 0.3 is 0 Å². The number of nitrogens with one attached hydrogen (secondary N) is 1. The van der Waals surface area contributed by atoms with Gasteiger partial charge in [-0.2, -0.15) is 5.10 Å². The van der Waals surface area contributed by atoms with Gasteiger partial charge in [-0.15, -0.1) is 0 Å². The van der Waals surface area contributed by atoms with Crippen LogP contribution in [0.15, 0.2) is 24.7 Å². The molecular formula is C12H14ClN5O. The quantitative estimate of drug-likeness (QED) is 0.845. The maximum absolute atomic E-state index is 12.0. The van der Waals surface area contributed by atoms with Crippen molar-refractivity contribution in [1.29, 1.82) is 0 Å². The number of nitrogens with two attached hydrogens (primary N) is 1. The Bertz CT molecular complexity index is 608. The fraction of sp³-hybridized carbons (Fsp3) is 0.250. The van der Waals surface area contributed by atoms with E-state index in [0.29, 0.717) is 11.4 Å². The molecule has 2 rings (SSSR count). The number of aromatic nitrogens is 3. The van der Waals surface area contributed by atoms with E-state index in [2.05, 4.69) is 15.4 Å². The maximum atomic E-state index is 12.0. The monoisotopic (exact) mass is 279 g/mol. The van der Waals surface area contributed by atoms with Gasteiger partial charge in [-0.05, 0) is 19.9 Å². The number of halogens is 1. The lowest BCUT2D eigenvalue weighted by Gasteiger charge is -2.05. The summed E-state index contributed by atoms with van der Waals surface area (Å²) in [5.74, 6) is -0.367. The summed E-state index contributed by atoms with van der Waals surface area (Å²) in [6.07, 6.45) is 4.72. The van der Waals surface area contributed by atoms with Crippen LogP contribution in [0.4, 0.5) is 11.4 Å². The van der Waals surface area contributed by atoms with Crippen LogP contribution in [0.1, 0.15) is 30.2 Å². The molecule has 0 unspecified atom stereocenters. The van der Waals surface area contributed by atoms with Crippen LogP contribution in [0.3, 0.4) is 0 Å². The Labute approximate surface area is 115 Å². The van der Waals surface area contributed by atoms with Gasteiger partial charge in [0.05, 0.1) is 29.3 Å².